The predicted molar refractivity (Wildman–Crippen MR) is 93.2 cm³/mol. The van der Waals surface area contributed by atoms with Gasteiger partial charge in [-0.05, 0) is 63.9 Å². The standard InChI is InChI=1S/C19H28N2O/c1-16(21(2)3)15-22-20-19-13-9-5-8-12-18(19)14-17-10-6-4-7-11-17/h4,6-7,10-11,13-14,16,20H,5,8-9,12,15H2,1-3H3. The van der Waals surface area contributed by atoms with Gasteiger partial charge in [-0.2, -0.15) is 0 Å². The van der Waals surface area contributed by atoms with E-state index in [0.717, 1.165) is 18.5 Å². The summed E-state index contributed by atoms with van der Waals surface area (Å²) in [5.41, 5.74) is 6.89. The zero-order valence-corrected chi connectivity index (χ0v) is 14.0. The minimum absolute atomic E-state index is 0.389. The van der Waals surface area contributed by atoms with E-state index in [1.807, 2.05) is 0 Å². The van der Waals surface area contributed by atoms with Gasteiger partial charge < -0.3 is 4.90 Å². The number of nitrogens with zero attached hydrogens (tertiary/aromatic N) is 1. The molecule has 1 aromatic rings. The maximum atomic E-state index is 5.72. The Morgan fingerprint density at radius 3 is 2.73 bits per heavy atom. The average Bonchev–Trinajstić information content (AvgIpc) is 2.74. The van der Waals surface area contributed by atoms with Gasteiger partial charge in [0.15, 0.2) is 0 Å². The molecule has 2 rings (SSSR count). The van der Waals surface area contributed by atoms with Crippen LogP contribution in [0.2, 0.25) is 0 Å². The molecule has 1 aromatic carbocycles. The van der Waals surface area contributed by atoms with Gasteiger partial charge in [0.2, 0.25) is 0 Å². The van der Waals surface area contributed by atoms with Crippen LogP contribution in [0.4, 0.5) is 0 Å². The highest BCUT2D eigenvalue weighted by Gasteiger charge is 2.11. The molecule has 1 aliphatic carbocycles. The molecule has 3 nitrogen and oxygen atoms in total. The first-order valence-electron chi connectivity index (χ1n) is 8.17. The molecule has 1 aliphatic rings. The van der Waals surface area contributed by atoms with Gasteiger partial charge in [0.25, 0.3) is 0 Å². The first-order valence-corrected chi connectivity index (χ1v) is 8.17. The van der Waals surface area contributed by atoms with Gasteiger partial charge in [-0.15, -0.1) is 0 Å². The number of hydrogen-bond acceptors (Lipinski definition) is 3. The molecule has 0 saturated carbocycles. The fourth-order valence-corrected chi connectivity index (χ4v) is 2.37. The fourth-order valence-electron chi connectivity index (χ4n) is 2.37. The van der Waals surface area contributed by atoms with Crippen LogP contribution in [0, 0.1) is 0 Å². The van der Waals surface area contributed by atoms with E-state index in [2.05, 4.69) is 73.9 Å². The second-order valence-corrected chi connectivity index (χ2v) is 6.17. The van der Waals surface area contributed by atoms with Gasteiger partial charge in [0, 0.05) is 6.04 Å². The lowest BCUT2D eigenvalue weighted by Crippen LogP contribution is -2.32. The molecule has 0 saturated heterocycles. The van der Waals surface area contributed by atoms with E-state index in [0.29, 0.717) is 12.6 Å². The van der Waals surface area contributed by atoms with Crippen LogP contribution in [-0.2, 0) is 4.84 Å². The van der Waals surface area contributed by atoms with E-state index in [9.17, 15) is 0 Å². The fraction of sp³-hybridized carbons (Fsp3) is 0.474. The number of rotatable bonds is 6. The second kappa shape index (κ2) is 8.76. The maximum absolute atomic E-state index is 5.72. The molecule has 1 N–H and O–H groups in total. The van der Waals surface area contributed by atoms with E-state index in [4.69, 9.17) is 4.84 Å². The first kappa shape index (κ1) is 16.8. The Labute approximate surface area is 134 Å². The monoisotopic (exact) mass is 300 g/mol. The van der Waals surface area contributed by atoms with Crippen molar-refractivity contribution in [1.82, 2.24) is 10.4 Å². The van der Waals surface area contributed by atoms with Gasteiger partial charge in [-0.1, -0.05) is 36.4 Å². The molecule has 0 amide bonds. The van der Waals surface area contributed by atoms with Crippen molar-refractivity contribution in [2.75, 3.05) is 20.7 Å². The molecule has 1 unspecified atom stereocenters. The van der Waals surface area contributed by atoms with E-state index in [1.165, 1.54) is 24.0 Å². The summed E-state index contributed by atoms with van der Waals surface area (Å²) in [6.07, 6.45) is 9.21. The third-order valence-electron chi connectivity index (χ3n) is 4.12. The van der Waals surface area contributed by atoms with Crippen LogP contribution in [0.25, 0.3) is 6.08 Å². The Bertz CT molecular complexity index is 505. The van der Waals surface area contributed by atoms with Crippen LogP contribution in [0.3, 0.4) is 0 Å². The number of allylic oxidation sites excluding steroid dienone is 2. The molecule has 0 radical (unpaired) electrons. The van der Waals surface area contributed by atoms with Crippen LogP contribution in [-0.4, -0.2) is 31.6 Å². The summed E-state index contributed by atoms with van der Waals surface area (Å²) in [6, 6.07) is 10.9. The molecular weight excluding hydrogens is 272 g/mol. The summed E-state index contributed by atoms with van der Waals surface area (Å²) in [4.78, 5) is 7.88. The quantitative estimate of drug-likeness (QED) is 0.804. The van der Waals surface area contributed by atoms with Crippen molar-refractivity contribution in [3.8, 4) is 0 Å². The molecule has 0 spiro atoms. The van der Waals surface area contributed by atoms with Crippen molar-refractivity contribution in [3.05, 3.63) is 53.2 Å². The highest BCUT2D eigenvalue weighted by molar-refractivity contribution is 5.58. The molecule has 0 fully saturated rings. The van der Waals surface area contributed by atoms with Crippen molar-refractivity contribution < 1.29 is 4.84 Å². The Morgan fingerprint density at radius 1 is 1.23 bits per heavy atom. The van der Waals surface area contributed by atoms with Crippen LogP contribution in [0.5, 0.6) is 0 Å². The molecule has 3 heteroatoms. The predicted octanol–water partition coefficient (Wildman–Crippen LogP) is 4.00. The van der Waals surface area contributed by atoms with Crippen molar-refractivity contribution in [2.24, 2.45) is 0 Å². The van der Waals surface area contributed by atoms with Crippen LogP contribution >= 0.6 is 0 Å². The molecule has 0 aromatic heterocycles. The van der Waals surface area contributed by atoms with Gasteiger partial charge in [0.1, 0.15) is 0 Å². The lowest BCUT2D eigenvalue weighted by atomic mass is 10.0. The molecular formula is C19H28N2O. The number of likely N-dealkylation sites (N-methyl/N-ethyl adjacent to an activating group) is 1. The van der Waals surface area contributed by atoms with Crippen molar-refractivity contribution in [1.29, 1.82) is 0 Å². The van der Waals surface area contributed by atoms with Gasteiger partial charge in [0.05, 0.1) is 12.3 Å². The largest absolute Gasteiger partial charge is 0.304 e. The number of hydrogen-bond donors (Lipinski definition) is 1. The highest BCUT2D eigenvalue weighted by Crippen LogP contribution is 2.24. The smallest absolute Gasteiger partial charge is 0.0898 e. The molecule has 0 bridgehead atoms. The lowest BCUT2D eigenvalue weighted by Gasteiger charge is -2.21. The summed E-state index contributed by atoms with van der Waals surface area (Å²) in [7, 11) is 4.14. The molecule has 22 heavy (non-hydrogen) atoms. The van der Waals surface area contributed by atoms with E-state index in [1.54, 1.807) is 0 Å². The average molecular weight is 300 g/mol. The van der Waals surface area contributed by atoms with Crippen molar-refractivity contribution >= 4 is 6.08 Å². The van der Waals surface area contributed by atoms with E-state index >= 15 is 0 Å². The minimum Gasteiger partial charge on any atom is -0.304 e. The topological polar surface area (TPSA) is 24.5 Å². The molecule has 0 heterocycles. The van der Waals surface area contributed by atoms with Crippen molar-refractivity contribution in [2.45, 2.75) is 38.6 Å². The zero-order chi connectivity index (χ0) is 15.8. The summed E-state index contributed by atoms with van der Waals surface area (Å²) in [5.74, 6) is 0. The Hall–Kier alpha value is -1.58. The third kappa shape index (κ3) is 5.32. The van der Waals surface area contributed by atoms with E-state index in [-0.39, 0.29) is 0 Å². The third-order valence-corrected chi connectivity index (χ3v) is 4.12. The Balaban J connectivity index is 2.02. The van der Waals surface area contributed by atoms with E-state index < -0.39 is 0 Å². The van der Waals surface area contributed by atoms with Crippen LogP contribution in [0.1, 0.15) is 38.2 Å². The first-order chi connectivity index (χ1) is 10.7. The molecule has 1 atom stereocenters. The summed E-state index contributed by atoms with van der Waals surface area (Å²) in [6.45, 7) is 2.83. The van der Waals surface area contributed by atoms with Crippen LogP contribution in [0.15, 0.2) is 47.7 Å². The number of nitrogens with one attached hydrogen (secondary N) is 1. The van der Waals surface area contributed by atoms with Crippen LogP contribution < -0.4 is 5.48 Å². The maximum Gasteiger partial charge on any atom is 0.0898 e. The SMILES string of the molecule is CC(CONC1=CCCCCC1=Cc1ccccc1)N(C)C. The summed E-state index contributed by atoms with van der Waals surface area (Å²) >= 11 is 0. The Kier molecular flexibility index (Phi) is 6.69. The summed E-state index contributed by atoms with van der Waals surface area (Å²) in [5, 5.41) is 0. The van der Waals surface area contributed by atoms with Gasteiger partial charge >= 0.3 is 0 Å². The number of hydroxylamine groups is 1. The minimum atomic E-state index is 0.389. The summed E-state index contributed by atoms with van der Waals surface area (Å²) < 4.78 is 0. The van der Waals surface area contributed by atoms with Gasteiger partial charge in [-0.25, -0.2) is 0 Å². The Morgan fingerprint density at radius 2 is 2.00 bits per heavy atom. The molecule has 0 aliphatic heterocycles. The van der Waals surface area contributed by atoms with Gasteiger partial charge in [-0.3, -0.25) is 10.3 Å². The number of benzene rings is 1. The lowest BCUT2D eigenvalue weighted by molar-refractivity contribution is 0.0303. The zero-order valence-electron chi connectivity index (χ0n) is 14.0. The second-order valence-electron chi connectivity index (χ2n) is 6.17. The normalized spacial score (nSPS) is 18.9. The highest BCUT2D eigenvalue weighted by atomic mass is 16.6. The van der Waals surface area contributed by atoms with Crippen molar-refractivity contribution in [3.63, 3.8) is 0 Å². The molecule has 120 valence electrons.